The summed E-state index contributed by atoms with van der Waals surface area (Å²) >= 11 is 0. The number of hydrogen-bond donors (Lipinski definition) is 1. The number of nitrogens with zero attached hydrogens (tertiary/aromatic N) is 3. The smallest absolute Gasteiger partial charge is 0.409 e. The normalized spacial score (nSPS) is 15.4. The number of carbonyl (C=O) groups excluding carboxylic acids is 2. The molecule has 1 fully saturated rings. The van der Waals surface area contributed by atoms with E-state index in [0.717, 1.165) is 0 Å². The Bertz CT molecular complexity index is 412. The zero-order valence-corrected chi connectivity index (χ0v) is 9.96. The predicted octanol–water partition coefficient (Wildman–Crippen LogP) is 0.590. The van der Waals surface area contributed by atoms with E-state index in [1.54, 1.807) is 15.9 Å². The number of methoxy groups -OCH3 is 1. The minimum Gasteiger partial charge on any atom is -0.453 e. The topological polar surface area (TPSA) is 87.9 Å². The Balaban J connectivity index is 1.82. The van der Waals surface area contributed by atoms with Gasteiger partial charge in [0.1, 0.15) is 0 Å². The molecular weight excluding hydrogens is 240 g/mol. The number of ether oxygens (including phenoxy) is 1. The molecular formula is C10H14N4O4. The molecule has 1 aliphatic rings. The molecule has 0 aliphatic carbocycles. The van der Waals surface area contributed by atoms with E-state index in [9.17, 15) is 9.59 Å². The average Bonchev–Trinajstić information content (AvgIpc) is 2.91. The third-order valence-electron chi connectivity index (χ3n) is 2.67. The van der Waals surface area contributed by atoms with Gasteiger partial charge in [-0.25, -0.2) is 9.59 Å². The molecule has 8 heteroatoms. The fraction of sp³-hybridized carbons (Fsp3) is 0.500. The molecule has 3 amide bonds. The second kappa shape index (κ2) is 5.39. The molecule has 1 saturated heterocycles. The van der Waals surface area contributed by atoms with Crippen LogP contribution in [0, 0.1) is 0 Å². The maximum atomic E-state index is 11.8. The van der Waals surface area contributed by atoms with Gasteiger partial charge < -0.3 is 19.1 Å². The molecule has 0 bridgehead atoms. The highest BCUT2D eigenvalue weighted by Crippen LogP contribution is 2.08. The van der Waals surface area contributed by atoms with Crippen LogP contribution in [0.3, 0.4) is 0 Å². The van der Waals surface area contributed by atoms with Gasteiger partial charge in [-0.05, 0) is 0 Å². The first-order valence-electron chi connectivity index (χ1n) is 5.50. The lowest BCUT2D eigenvalue weighted by atomic mass is 10.3. The average molecular weight is 254 g/mol. The van der Waals surface area contributed by atoms with Crippen LogP contribution < -0.4 is 5.32 Å². The Hall–Kier alpha value is -2.25. The number of carbonyl (C=O) groups is 2. The Morgan fingerprint density at radius 2 is 2.00 bits per heavy atom. The van der Waals surface area contributed by atoms with Crippen molar-refractivity contribution < 1.29 is 18.8 Å². The van der Waals surface area contributed by atoms with Crippen LogP contribution in [0.15, 0.2) is 16.8 Å². The van der Waals surface area contributed by atoms with Crippen molar-refractivity contribution in [2.45, 2.75) is 0 Å². The van der Waals surface area contributed by atoms with Crippen LogP contribution in [0.1, 0.15) is 0 Å². The van der Waals surface area contributed by atoms with Gasteiger partial charge in [0, 0.05) is 32.2 Å². The molecule has 0 spiro atoms. The molecule has 98 valence electrons. The van der Waals surface area contributed by atoms with Crippen LogP contribution in [0.25, 0.3) is 0 Å². The van der Waals surface area contributed by atoms with Crippen LogP contribution in [0.2, 0.25) is 0 Å². The fourth-order valence-corrected chi connectivity index (χ4v) is 1.69. The van der Waals surface area contributed by atoms with Gasteiger partial charge in [0.15, 0.2) is 0 Å². The Labute approximate surface area is 103 Å². The second-order valence-electron chi connectivity index (χ2n) is 3.75. The van der Waals surface area contributed by atoms with Crippen molar-refractivity contribution in [1.82, 2.24) is 15.0 Å². The van der Waals surface area contributed by atoms with E-state index in [4.69, 9.17) is 4.52 Å². The first-order chi connectivity index (χ1) is 8.70. The minimum atomic E-state index is -0.370. The molecule has 2 rings (SSSR count). The molecule has 1 aromatic rings. The molecule has 1 aromatic heterocycles. The molecule has 8 nitrogen and oxygen atoms in total. The van der Waals surface area contributed by atoms with Crippen LogP contribution in [-0.2, 0) is 4.74 Å². The van der Waals surface area contributed by atoms with Gasteiger partial charge >= 0.3 is 12.1 Å². The number of anilines is 1. The van der Waals surface area contributed by atoms with Crippen molar-refractivity contribution in [2.75, 3.05) is 38.6 Å². The van der Waals surface area contributed by atoms with Gasteiger partial charge in [0.2, 0.25) is 5.88 Å². The van der Waals surface area contributed by atoms with Crippen LogP contribution >= 0.6 is 0 Å². The Kier molecular flexibility index (Phi) is 3.66. The maximum Gasteiger partial charge on any atom is 0.409 e. The first-order valence-corrected chi connectivity index (χ1v) is 5.50. The van der Waals surface area contributed by atoms with Crippen molar-refractivity contribution in [1.29, 1.82) is 0 Å². The quantitative estimate of drug-likeness (QED) is 0.792. The number of amides is 3. The van der Waals surface area contributed by atoms with E-state index in [0.29, 0.717) is 32.1 Å². The second-order valence-corrected chi connectivity index (χ2v) is 3.75. The third kappa shape index (κ3) is 2.70. The number of urea groups is 1. The number of hydrogen-bond acceptors (Lipinski definition) is 5. The first kappa shape index (κ1) is 12.2. The number of aromatic nitrogens is 1. The Morgan fingerprint density at radius 3 is 2.56 bits per heavy atom. The highest BCUT2D eigenvalue weighted by atomic mass is 16.5. The number of piperazine rings is 1. The highest BCUT2D eigenvalue weighted by molar-refractivity contribution is 5.88. The molecule has 2 heterocycles. The minimum absolute atomic E-state index is 0.267. The summed E-state index contributed by atoms with van der Waals surface area (Å²) in [6.45, 7) is 1.82. The molecule has 1 aliphatic heterocycles. The summed E-state index contributed by atoms with van der Waals surface area (Å²) < 4.78 is 9.39. The fourth-order valence-electron chi connectivity index (χ4n) is 1.69. The highest BCUT2D eigenvalue weighted by Gasteiger charge is 2.24. The van der Waals surface area contributed by atoms with Gasteiger partial charge in [0.25, 0.3) is 0 Å². The molecule has 18 heavy (non-hydrogen) atoms. The van der Waals surface area contributed by atoms with E-state index >= 15 is 0 Å². The number of nitrogens with one attached hydrogen (secondary N) is 1. The van der Waals surface area contributed by atoms with Crippen molar-refractivity contribution in [2.24, 2.45) is 0 Å². The van der Waals surface area contributed by atoms with Crippen molar-refractivity contribution in [3.05, 3.63) is 12.3 Å². The predicted molar refractivity (Wildman–Crippen MR) is 61.1 cm³/mol. The van der Waals surface area contributed by atoms with Crippen LogP contribution in [0.5, 0.6) is 0 Å². The van der Waals surface area contributed by atoms with E-state index in [2.05, 4.69) is 15.2 Å². The lowest BCUT2D eigenvalue weighted by Crippen LogP contribution is -2.51. The van der Waals surface area contributed by atoms with Gasteiger partial charge in [-0.1, -0.05) is 5.16 Å². The lowest BCUT2D eigenvalue weighted by Gasteiger charge is -2.33. The van der Waals surface area contributed by atoms with Gasteiger partial charge in [-0.3, -0.25) is 5.32 Å². The van der Waals surface area contributed by atoms with Crippen molar-refractivity contribution in [3.63, 3.8) is 0 Å². The SMILES string of the molecule is COC(=O)N1CCN(C(=O)Nc2ccno2)CC1. The van der Waals surface area contributed by atoms with E-state index < -0.39 is 0 Å². The molecule has 1 N–H and O–H groups in total. The number of rotatable bonds is 1. The van der Waals surface area contributed by atoms with E-state index in [1.807, 2.05) is 0 Å². The molecule has 0 saturated carbocycles. The summed E-state index contributed by atoms with van der Waals surface area (Å²) in [5.41, 5.74) is 0. The van der Waals surface area contributed by atoms with E-state index in [1.165, 1.54) is 13.3 Å². The maximum absolute atomic E-state index is 11.8. The van der Waals surface area contributed by atoms with E-state index in [-0.39, 0.29) is 12.1 Å². The van der Waals surface area contributed by atoms with Crippen molar-refractivity contribution >= 4 is 18.0 Å². The molecule has 0 aromatic carbocycles. The monoisotopic (exact) mass is 254 g/mol. The van der Waals surface area contributed by atoms with Gasteiger partial charge in [-0.15, -0.1) is 0 Å². The largest absolute Gasteiger partial charge is 0.453 e. The summed E-state index contributed by atoms with van der Waals surface area (Å²) in [7, 11) is 1.34. The van der Waals surface area contributed by atoms with Gasteiger partial charge in [-0.2, -0.15) is 0 Å². The standard InChI is InChI=1S/C10H14N4O4/c1-17-10(16)14-6-4-13(5-7-14)9(15)12-8-2-3-11-18-8/h2-3H,4-7H2,1H3,(H,12,15). The Morgan fingerprint density at radius 1 is 1.33 bits per heavy atom. The summed E-state index contributed by atoms with van der Waals surface area (Å²) in [4.78, 5) is 26.2. The zero-order chi connectivity index (χ0) is 13.0. The third-order valence-corrected chi connectivity index (χ3v) is 2.67. The molecule has 0 unspecified atom stereocenters. The van der Waals surface area contributed by atoms with Crippen molar-refractivity contribution in [3.8, 4) is 0 Å². The summed E-state index contributed by atoms with van der Waals surface area (Å²) in [6, 6.07) is 1.29. The summed E-state index contributed by atoms with van der Waals surface area (Å²) in [5.74, 6) is 0.301. The van der Waals surface area contributed by atoms with Crippen LogP contribution in [-0.4, -0.2) is 60.4 Å². The summed E-state index contributed by atoms with van der Waals surface area (Å²) in [5, 5.41) is 6.06. The van der Waals surface area contributed by atoms with Crippen LogP contribution in [0.4, 0.5) is 15.5 Å². The summed E-state index contributed by atoms with van der Waals surface area (Å²) in [6.07, 6.45) is 1.08. The lowest BCUT2D eigenvalue weighted by molar-refractivity contribution is 0.0991. The van der Waals surface area contributed by atoms with Gasteiger partial charge in [0.05, 0.1) is 13.3 Å². The molecule has 0 atom stereocenters. The molecule has 0 radical (unpaired) electrons. The zero-order valence-electron chi connectivity index (χ0n) is 9.96.